The molecule has 1 aliphatic heterocycles. The van der Waals surface area contributed by atoms with Crippen molar-refractivity contribution >= 4 is 0 Å². The Kier molecular flexibility index (Phi) is 3.50. The molecule has 0 amide bonds. The number of rotatable bonds is 3. The van der Waals surface area contributed by atoms with Crippen LogP contribution in [0, 0.1) is 11.6 Å². The average molecular weight is 279 g/mol. The molecular formula is C14H15F2N3O. The fourth-order valence-electron chi connectivity index (χ4n) is 2.49. The summed E-state index contributed by atoms with van der Waals surface area (Å²) >= 11 is 0. The van der Waals surface area contributed by atoms with Crippen LogP contribution in [0.1, 0.15) is 18.3 Å². The largest absolute Gasteiger partial charge is 0.380 e. The zero-order valence-corrected chi connectivity index (χ0v) is 11.0. The van der Waals surface area contributed by atoms with Gasteiger partial charge in [-0.2, -0.15) is 0 Å². The highest BCUT2D eigenvalue weighted by atomic mass is 19.1. The maximum Gasteiger partial charge on any atom is 0.135 e. The van der Waals surface area contributed by atoms with Gasteiger partial charge in [0.2, 0.25) is 0 Å². The second-order valence-electron chi connectivity index (χ2n) is 4.83. The maximum atomic E-state index is 13.7. The number of halogens is 2. The fourth-order valence-corrected chi connectivity index (χ4v) is 2.49. The molecule has 1 aromatic heterocycles. The van der Waals surface area contributed by atoms with E-state index in [-0.39, 0.29) is 17.7 Å². The van der Waals surface area contributed by atoms with Gasteiger partial charge in [0, 0.05) is 13.7 Å². The maximum absolute atomic E-state index is 13.7. The first kappa shape index (κ1) is 13.2. The van der Waals surface area contributed by atoms with Gasteiger partial charge in [-0.1, -0.05) is 6.07 Å². The predicted molar refractivity (Wildman–Crippen MR) is 70.1 cm³/mol. The van der Waals surface area contributed by atoms with Crippen LogP contribution in [0.4, 0.5) is 8.78 Å². The van der Waals surface area contributed by atoms with Gasteiger partial charge in [-0.3, -0.25) is 0 Å². The number of aromatic amines is 1. The van der Waals surface area contributed by atoms with E-state index in [1.165, 1.54) is 24.4 Å². The van der Waals surface area contributed by atoms with Gasteiger partial charge in [0.15, 0.2) is 0 Å². The molecular weight excluding hydrogens is 264 g/mol. The van der Waals surface area contributed by atoms with E-state index in [0.29, 0.717) is 11.5 Å². The van der Waals surface area contributed by atoms with Gasteiger partial charge in [0.1, 0.15) is 17.5 Å². The third kappa shape index (κ3) is 2.32. The molecule has 6 heteroatoms. The molecule has 0 aliphatic carbocycles. The molecule has 1 fully saturated rings. The molecule has 0 spiro atoms. The standard InChI is InChI=1S/C14H15F2N3O/c1-20-8-5-11(17-6-8)14-18-7-12(19-14)13-9(15)3-2-4-10(13)16/h2-4,7-8,11,17H,5-6H2,1H3,(H,18,19). The van der Waals surface area contributed by atoms with Crippen molar-refractivity contribution in [3.05, 3.63) is 41.9 Å². The lowest BCUT2D eigenvalue weighted by Gasteiger charge is -2.07. The van der Waals surface area contributed by atoms with Crippen molar-refractivity contribution < 1.29 is 13.5 Å². The molecule has 3 rings (SSSR count). The highest BCUT2D eigenvalue weighted by Crippen LogP contribution is 2.28. The number of nitrogens with one attached hydrogen (secondary N) is 2. The summed E-state index contributed by atoms with van der Waals surface area (Å²) < 4.78 is 32.7. The molecule has 0 radical (unpaired) electrons. The number of methoxy groups -OCH3 is 1. The molecule has 20 heavy (non-hydrogen) atoms. The van der Waals surface area contributed by atoms with Crippen molar-refractivity contribution in [3.63, 3.8) is 0 Å². The van der Waals surface area contributed by atoms with Crippen LogP contribution in [-0.2, 0) is 4.74 Å². The molecule has 2 heterocycles. The smallest absolute Gasteiger partial charge is 0.135 e. The molecule has 106 valence electrons. The lowest BCUT2D eigenvalue weighted by atomic mass is 10.1. The van der Waals surface area contributed by atoms with Crippen LogP contribution in [0.5, 0.6) is 0 Å². The normalized spacial score (nSPS) is 22.4. The topological polar surface area (TPSA) is 49.9 Å². The molecule has 0 bridgehead atoms. The summed E-state index contributed by atoms with van der Waals surface area (Å²) in [7, 11) is 1.66. The third-order valence-electron chi connectivity index (χ3n) is 3.58. The van der Waals surface area contributed by atoms with Crippen LogP contribution < -0.4 is 5.32 Å². The van der Waals surface area contributed by atoms with Crippen LogP contribution in [0.25, 0.3) is 11.3 Å². The van der Waals surface area contributed by atoms with Crippen molar-refractivity contribution in [3.8, 4) is 11.3 Å². The number of ether oxygens (including phenoxy) is 1. The predicted octanol–water partition coefficient (Wildman–Crippen LogP) is 2.40. The van der Waals surface area contributed by atoms with E-state index >= 15 is 0 Å². The Hall–Kier alpha value is -1.79. The van der Waals surface area contributed by atoms with E-state index in [9.17, 15) is 8.78 Å². The van der Waals surface area contributed by atoms with E-state index in [4.69, 9.17) is 4.74 Å². The summed E-state index contributed by atoms with van der Waals surface area (Å²) in [6.07, 6.45) is 2.38. The zero-order chi connectivity index (χ0) is 14.1. The number of imidazole rings is 1. The Morgan fingerprint density at radius 1 is 1.30 bits per heavy atom. The first-order chi connectivity index (χ1) is 9.69. The molecule has 1 aromatic carbocycles. The lowest BCUT2D eigenvalue weighted by Crippen LogP contribution is -2.16. The number of hydrogen-bond donors (Lipinski definition) is 2. The van der Waals surface area contributed by atoms with Crippen molar-refractivity contribution in [2.24, 2.45) is 0 Å². The molecule has 2 N–H and O–H groups in total. The van der Waals surface area contributed by atoms with E-state index in [1.54, 1.807) is 7.11 Å². The number of hydrogen-bond acceptors (Lipinski definition) is 3. The third-order valence-corrected chi connectivity index (χ3v) is 3.58. The quantitative estimate of drug-likeness (QED) is 0.907. The molecule has 2 aromatic rings. The van der Waals surface area contributed by atoms with Gasteiger partial charge in [0.05, 0.1) is 29.6 Å². The molecule has 1 aliphatic rings. The summed E-state index contributed by atoms with van der Waals surface area (Å²) in [5.41, 5.74) is 0.269. The van der Waals surface area contributed by atoms with E-state index in [2.05, 4.69) is 15.3 Å². The second-order valence-corrected chi connectivity index (χ2v) is 4.83. The van der Waals surface area contributed by atoms with E-state index in [0.717, 1.165) is 13.0 Å². The summed E-state index contributed by atoms with van der Waals surface area (Å²) in [5, 5.41) is 3.26. The van der Waals surface area contributed by atoms with Crippen LogP contribution >= 0.6 is 0 Å². The van der Waals surface area contributed by atoms with Crippen molar-refractivity contribution in [1.82, 2.24) is 15.3 Å². The van der Waals surface area contributed by atoms with Crippen LogP contribution in [0.15, 0.2) is 24.4 Å². The van der Waals surface area contributed by atoms with Gasteiger partial charge < -0.3 is 15.0 Å². The Morgan fingerprint density at radius 2 is 2.05 bits per heavy atom. The molecule has 2 atom stereocenters. The first-order valence-electron chi connectivity index (χ1n) is 6.44. The number of H-pyrrole nitrogens is 1. The van der Waals surface area contributed by atoms with Crippen LogP contribution in [-0.4, -0.2) is 29.7 Å². The summed E-state index contributed by atoms with van der Waals surface area (Å²) in [6, 6.07) is 3.82. The fraction of sp³-hybridized carbons (Fsp3) is 0.357. The van der Waals surface area contributed by atoms with Gasteiger partial charge in [-0.25, -0.2) is 13.8 Å². The summed E-state index contributed by atoms with van der Waals surface area (Å²) in [4.78, 5) is 7.21. The minimum atomic E-state index is -0.602. The summed E-state index contributed by atoms with van der Waals surface area (Å²) in [5.74, 6) is -0.536. The minimum absolute atomic E-state index is 0.0172. The minimum Gasteiger partial charge on any atom is -0.380 e. The molecule has 1 saturated heterocycles. The summed E-state index contributed by atoms with van der Waals surface area (Å²) in [6.45, 7) is 0.741. The SMILES string of the molecule is COC1CNC(c2ncc(-c3c(F)cccc3F)[nH]2)C1. The lowest BCUT2D eigenvalue weighted by molar-refractivity contribution is 0.117. The van der Waals surface area contributed by atoms with Crippen LogP contribution in [0.3, 0.4) is 0 Å². The molecule has 2 unspecified atom stereocenters. The monoisotopic (exact) mass is 279 g/mol. The Morgan fingerprint density at radius 3 is 2.70 bits per heavy atom. The highest BCUT2D eigenvalue weighted by molar-refractivity contribution is 5.60. The van der Waals surface area contributed by atoms with Gasteiger partial charge >= 0.3 is 0 Å². The molecule has 0 saturated carbocycles. The number of benzene rings is 1. The van der Waals surface area contributed by atoms with Crippen LogP contribution in [0.2, 0.25) is 0 Å². The molecule has 4 nitrogen and oxygen atoms in total. The number of nitrogens with zero attached hydrogens (tertiary/aromatic N) is 1. The van der Waals surface area contributed by atoms with Crippen molar-refractivity contribution in [1.29, 1.82) is 0 Å². The zero-order valence-electron chi connectivity index (χ0n) is 11.0. The Labute approximate surface area is 115 Å². The van der Waals surface area contributed by atoms with Crippen molar-refractivity contribution in [2.45, 2.75) is 18.6 Å². The highest BCUT2D eigenvalue weighted by Gasteiger charge is 2.27. The van der Waals surface area contributed by atoms with Crippen molar-refractivity contribution in [2.75, 3.05) is 13.7 Å². The van der Waals surface area contributed by atoms with Gasteiger partial charge in [0.25, 0.3) is 0 Å². The average Bonchev–Trinajstić information content (AvgIpc) is 3.06. The van der Waals surface area contributed by atoms with Gasteiger partial charge in [-0.15, -0.1) is 0 Å². The van der Waals surface area contributed by atoms with E-state index < -0.39 is 11.6 Å². The number of aromatic nitrogens is 2. The second kappa shape index (κ2) is 5.30. The Balaban J connectivity index is 1.87. The Bertz CT molecular complexity index is 594. The van der Waals surface area contributed by atoms with Gasteiger partial charge in [-0.05, 0) is 18.6 Å². The first-order valence-corrected chi connectivity index (χ1v) is 6.44. The van der Waals surface area contributed by atoms with E-state index in [1.807, 2.05) is 0 Å².